The number of para-hydroxylation sites is 1. The molecule has 0 aromatic heterocycles. The number of nitrogens with one attached hydrogen (secondary N) is 1. The molecule has 9 heteroatoms. The van der Waals surface area contributed by atoms with Crippen LogP contribution in [-0.2, 0) is 26.2 Å². The van der Waals surface area contributed by atoms with Gasteiger partial charge in [0.15, 0.2) is 0 Å². The van der Waals surface area contributed by atoms with Crippen molar-refractivity contribution in [3.8, 4) is 0 Å². The Bertz CT molecular complexity index is 1160. The van der Waals surface area contributed by atoms with Crippen LogP contribution in [0, 0.1) is 13.8 Å². The minimum Gasteiger partial charge on any atom is -0.352 e. The topological polar surface area (TPSA) is 86.8 Å². The summed E-state index contributed by atoms with van der Waals surface area (Å²) in [5.41, 5.74) is 2.78. The van der Waals surface area contributed by atoms with Gasteiger partial charge in [0, 0.05) is 17.6 Å². The molecule has 1 aliphatic carbocycles. The highest BCUT2D eigenvalue weighted by atomic mass is 35.5. The highest BCUT2D eigenvalue weighted by molar-refractivity contribution is 7.92. The minimum atomic E-state index is -3.77. The summed E-state index contributed by atoms with van der Waals surface area (Å²) in [6.45, 7) is 5.07. The van der Waals surface area contributed by atoms with Gasteiger partial charge in [-0.2, -0.15) is 0 Å². The van der Waals surface area contributed by atoms with Crippen molar-refractivity contribution in [3.05, 3.63) is 64.2 Å². The fraction of sp³-hybridized carbons (Fsp3) is 0.481. The van der Waals surface area contributed by atoms with Crippen LogP contribution in [0.1, 0.15) is 55.7 Å². The third-order valence-electron chi connectivity index (χ3n) is 6.75. The predicted octanol–water partition coefficient (Wildman–Crippen LogP) is 4.59. The van der Waals surface area contributed by atoms with Gasteiger partial charge >= 0.3 is 0 Å². The monoisotopic (exact) mass is 533 g/mol. The second-order valence-electron chi connectivity index (χ2n) is 9.68. The molecule has 2 aromatic carbocycles. The Labute approximate surface area is 219 Å². The fourth-order valence-corrected chi connectivity index (χ4v) is 5.80. The van der Waals surface area contributed by atoms with Crippen LogP contribution in [0.25, 0.3) is 0 Å². The summed E-state index contributed by atoms with van der Waals surface area (Å²) in [5.74, 6) is -0.688. The lowest BCUT2D eigenvalue weighted by molar-refractivity contribution is -0.139. The van der Waals surface area contributed by atoms with Crippen molar-refractivity contribution in [2.45, 2.75) is 71.5 Å². The normalized spacial score (nSPS) is 15.2. The number of hydrogen-bond donors (Lipinski definition) is 1. The minimum absolute atomic E-state index is 0.100. The molecule has 1 atom stereocenters. The fourth-order valence-electron chi connectivity index (χ4n) is 4.71. The van der Waals surface area contributed by atoms with E-state index in [4.69, 9.17) is 11.6 Å². The third kappa shape index (κ3) is 7.23. The molecule has 36 heavy (non-hydrogen) atoms. The van der Waals surface area contributed by atoms with Crippen LogP contribution in [-0.4, -0.2) is 50.0 Å². The maximum Gasteiger partial charge on any atom is 0.244 e. The van der Waals surface area contributed by atoms with E-state index in [0.29, 0.717) is 10.7 Å². The largest absolute Gasteiger partial charge is 0.352 e. The standard InChI is InChI=1S/C27H36ClN3O4S/c1-19-9-8-10-20(2)26(19)31(36(4,34)35)18-25(32)30(17-22-13-15-23(28)16-14-22)21(3)27(33)29-24-11-6-5-7-12-24/h8-10,13-16,21,24H,5-7,11-12,17-18H2,1-4H3,(H,29,33)/t21-/m0/s1. The SMILES string of the molecule is Cc1cccc(C)c1N(CC(=O)N(Cc1ccc(Cl)cc1)[C@@H](C)C(=O)NC1CCCCC1)S(C)(=O)=O. The number of hydrogen-bond acceptors (Lipinski definition) is 4. The average Bonchev–Trinajstić information content (AvgIpc) is 2.82. The number of benzene rings is 2. The lowest BCUT2D eigenvalue weighted by Crippen LogP contribution is -2.53. The van der Waals surface area contributed by atoms with Crippen molar-refractivity contribution < 1.29 is 18.0 Å². The van der Waals surface area contributed by atoms with Gasteiger partial charge in [-0.05, 0) is 62.4 Å². The molecule has 1 aliphatic rings. The molecule has 1 fully saturated rings. The van der Waals surface area contributed by atoms with E-state index in [1.54, 1.807) is 31.2 Å². The van der Waals surface area contributed by atoms with E-state index in [1.807, 2.05) is 32.0 Å². The number of rotatable bonds is 9. The molecule has 0 saturated heterocycles. The van der Waals surface area contributed by atoms with Crippen LogP contribution in [0.3, 0.4) is 0 Å². The molecule has 0 spiro atoms. The van der Waals surface area contributed by atoms with Gasteiger partial charge in [-0.3, -0.25) is 13.9 Å². The first-order valence-corrected chi connectivity index (χ1v) is 14.6. The van der Waals surface area contributed by atoms with E-state index in [9.17, 15) is 18.0 Å². The van der Waals surface area contributed by atoms with Crippen molar-refractivity contribution in [2.75, 3.05) is 17.1 Å². The molecule has 2 aromatic rings. The Hall–Kier alpha value is -2.58. The first kappa shape index (κ1) is 28.0. The number of aryl methyl sites for hydroxylation is 2. The van der Waals surface area contributed by atoms with E-state index in [2.05, 4.69) is 5.32 Å². The van der Waals surface area contributed by atoms with E-state index in [1.165, 1.54) is 11.3 Å². The highest BCUT2D eigenvalue weighted by Gasteiger charge is 2.32. The Morgan fingerprint density at radius 3 is 2.17 bits per heavy atom. The van der Waals surface area contributed by atoms with Crippen molar-refractivity contribution in [1.82, 2.24) is 10.2 Å². The number of halogens is 1. The van der Waals surface area contributed by atoms with Gasteiger partial charge < -0.3 is 10.2 Å². The molecule has 0 heterocycles. The summed E-state index contributed by atoms with van der Waals surface area (Å²) in [6.07, 6.45) is 6.27. The van der Waals surface area contributed by atoms with E-state index < -0.39 is 28.5 Å². The van der Waals surface area contributed by atoms with Crippen LogP contribution in [0.2, 0.25) is 5.02 Å². The molecular weight excluding hydrogens is 498 g/mol. The molecule has 196 valence electrons. The zero-order chi connectivity index (χ0) is 26.5. The predicted molar refractivity (Wildman–Crippen MR) is 145 cm³/mol. The van der Waals surface area contributed by atoms with Gasteiger partial charge in [0.2, 0.25) is 21.8 Å². The summed E-state index contributed by atoms with van der Waals surface area (Å²) in [7, 11) is -3.77. The van der Waals surface area contributed by atoms with Gasteiger partial charge in [0.05, 0.1) is 11.9 Å². The Kier molecular flexibility index (Phi) is 9.41. The van der Waals surface area contributed by atoms with Gasteiger partial charge in [0.25, 0.3) is 0 Å². The van der Waals surface area contributed by atoms with E-state index in [-0.39, 0.29) is 18.5 Å². The molecule has 0 aliphatic heterocycles. The van der Waals surface area contributed by atoms with Gasteiger partial charge in [-0.1, -0.05) is 61.2 Å². The molecule has 1 saturated carbocycles. The van der Waals surface area contributed by atoms with Crippen LogP contribution in [0.5, 0.6) is 0 Å². The first-order chi connectivity index (χ1) is 17.0. The summed E-state index contributed by atoms with van der Waals surface area (Å²) in [6, 6.07) is 11.9. The van der Waals surface area contributed by atoms with Gasteiger partial charge in [0.1, 0.15) is 12.6 Å². The molecule has 7 nitrogen and oxygen atoms in total. The highest BCUT2D eigenvalue weighted by Crippen LogP contribution is 2.27. The Balaban J connectivity index is 1.90. The number of sulfonamides is 1. The Morgan fingerprint density at radius 2 is 1.61 bits per heavy atom. The maximum atomic E-state index is 13.7. The van der Waals surface area contributed by atoms with Crippen LogP contribution in [0.15, 0.2) is 42.5 Å². The van der Waals surface area contributed by atoms with Crippen LogP contribution >= 0.6 is 11.6 Å². The second kappa shape index (κ2) is 12.1. The second-order valence-corrected chi connectivity index (χ2v) is 12.0. The number of carbonyl (C=O) groups excluding carboxylic acids is 2. The quantitative estimate of drug-likeness (QED) is 0.511. The molecule has 0 bridgehead atoms. The maximum absolute atomic E-state index is 13.7. The summed E-state index contributed by atoms with van der Waals surface area (Å²) >= 11 is 6.03. The van der Waals surface area contributed by atoms with Gasteiger partial charge in [-0.25, -0.2) is 8.42 Å². The smallest absolute Gasteiger partial charge is 0.244 e. The van der Waals surface area contributed by atoms with E-state index in [0.717, 1.165) is 52.9 Å². The van der Waals surface area contributed by atoms with Crippen molar-refractivity contribution >= 4 is 39.1 Å². The lowest BCUT2D eigenvalue weighted by Gasteiger charge is -2.33. The zero-order valence-corrected chi connectivity index (χ0v) is 23.0. The van der Waals surface area contributed by atoms with E-state index >= 15 is 0 Å². The first-order valence-electron chi connectivity index (χ1n) is 12.4. The molecule has 3 rings (SSSR count). The zero-order valence-electron chi connectivity index (χ0n) is 21.5. The number of amides is 2. The Morgan fingerprint density at radius 1 is 1.03 bits per heavy atom. The summed E-state index contributed by atoms with van der Waals surface area (Å²) < 4.78 is 26.8. The molecule has 0 unspecified atom stereocenters. The van der Waals surface area contributed by atoms with Crippen molar-refractivity contribution in [3.63, 3.8) is 0 Å². The molecular formula is C27H36ClN3O4S. The molecule has 0 radical (unpaired) electrons. The average molecular weight is 534 g/mol. The number of anilines is 1. The molecule has 2 amide bonds. The third-order valence-corrected chi connectivity index (χ3v) is 8.12. The number of nitrogens with zero attached hydrogens (tertiary/aromatic N) is 2. The number of carbonyl (C=O) groups is 2. The lowest BCUT2D eigenvalue weighted by atomic mass is 9.95. The summed E-state index contributed by atoms with van der Waals surface area (Å²) in [4.78, 5) is 28.4. The van der Waals surface area contributed by atoms with Crippen LogP contribution < -0.4 is 9.62 Å². The van der Waals surface area contributed by atoms with Gasteiger partial charge in [-0.15, -0.1) is 0 Å². The molecule has 1 N–H and O–H groups in total. The van der Waals surface area contributed by atoms with Crippen LogP contribution in [0.4, 0.5) is 5.69 Å². The summed E-state index contributed by atoms with van der Waals surface area (Å²) in [5, 5.41) is 3.66. The van der Waals surface area contributed by atoms with Crippen molar-refractivity contribution in [1.29, 1.82) is 0 Å². The van der Waals surface area contributed by atoms with Crippen molar-refractivity contribution in [2.24, 2.45) is 0 Å².